The Morgan fingerprint density at radius 1 is 1.37 bits per heavy atom. The molecule has 0 saturated carbocycles. The van der Waals surface area contributed by atoms with Gasteiger partial charge in [-0.1, -0.05) is 76.1 Å². The number of halogens is 1. The van der Waals surface area contributed by atoms with Gasteiger partial charge in [0.05, 0.1) is 17.5 Å². The molecule has 0 aromatic carbocycles. The summed E-state index contributed by atoms with van der Waals surface area (Å²) in [6.45, 7) is 12.7. The van der Waals surface area contributed by atoms with Gasteiger partial charge in [-0.3, -0.25) is 9.59 Å². The van der Waals surface area contributed by atoms with E-state index in [2.05, 4.69) is 29.0 Å². The first-order chi connectivity index (χ1) is 18.4. The van der Waals surface area contributed by atoms with E-state index in [0.717, 1.165) is 25.0 Å². The normalized spacial score (nSPS) is 16.0. The van der Waals surface area contributed by atoms with E-state index in [9.17, 15) is 14.4 Å². The monoisotopic (exact) mass is 545 g/mol. The predicted octanol–water partition coefficient (Wildman–Crippen LogP) is 4.77. The Hall–Kier alpha value is -3.46. The topological polar surface area (TPSA) is 128 Å². The highest BCUT2D eigenvalue weighted by Gasteiger charge is 2.29. The Morgan fingerprint density at radius 2 is 2.11 bits per heavy atom. The zero-order valence-electron chi connectivity index (χ0n) is 22.8. The van der Waals surface area contributed by atoms with Gasteiger partial charge in [-0.2, -0.15) is 5.10 Å². The summed E-state index contributed by atoms with van der Waals surface area (Å²) >= 11 is 5.64. The summed E-state index contributed by atoms with van der Waals surface area (Å²) in [5.74, 6) is -0.777. The van der Waals surface area contributed by atoms with E-state index in [1.807, 2.05) is 13.8 Å². The standard InChI is InChI=1S/C26H34ClN5O4.C2H6/c1-4-7-9-20-17-32(22(33)11-14-28-29-16-19(6-3)26(35)36)15-12-21-23(20)30-24(31-25(21)34)18(5-2)10-8-13-27;1-2/h5-6,8,10,13,16,20,28H,2,4,7,9,11-12,14-15,17H2,1,3H3,(H,35,36)(H,30,31,34);1-2H3/b13-8+,18-10+,19-6+,29-16-;. The molecule has 0 saturated heterocycles. The third-order valence-electron chi connectivity index (χ3n) is 5.91. The van der Waals surface area contributed by atoms with Crippen LogP contribution >= 0.6 is 11.6 Å². The highest BCUT2D eigenvalue weighted by atomic mass is 35.5. The van der Waals surface area contributed by atoms with Crippen molar-refractivity contribution in [1.82, 2.24) is 20.3 Å². The van der Waals surface area contributed by atoms with Crippen LogP contribution in [0.5, 0.6) is 0 Å². The molecule has 3 N–H and O–H groups in total. The van der Waals surface area contributed by atoms with Crippen LogP contribution in [0, 0.1) is 0 Å². The maximum absolute atomic E-state index is 13.0. The number of carbonyl (C=O) groups excluding carboxylic acids is 1. The summed E-state index contributed by atoms with van der Waals surface area (Å²) in [5.41, 5.74) is 5.93. The van der Waals surface area contributed by atoms with Gasteiger partial charge in [0.25, 0.3) is 5.56 Å². The second-order valence-electron chi connectivity index (χ2n) is 8.32. The van der Waals surface area contributed by atoms with E-state index in [1.54, 1.807) is 30.1 Å². The number of allylic oxidation sites excluding steroid dienone is 5. The van der Waals surface area contributed by atoms with Gasteiger partial charge in [0.1, 0.15) is 5.82 Å². The van der Waals surface area contributed by atoms with Crippen molar-refractivity contribution in [3.8, 4) is 0 Å². The molecule has 0 aliphatic carbocycles. The van der Waals surface area contributed by atoms with Crippen molar-refractivity contribution >= 4 is 35.3 Å². The molecule has 2 heterocycles. The fraction of sp³-hybridized carbons (Fsp3) is 0.464. The molecule has 0 fully saturated rings. The third kappa shape index (κ3) is 9.78. The molecule has 208 valence electrons. The Bertz CT molecular complexity index is 1120. The Balaban J connectivity index is 0.00000352. The SMILES string of the molecule is C=C/C(=C\C=C\Cl)c1nc2c(c(=O)[nH]1)CCN(C(=O)CCN/N=C\C(=C/C)C(=O)O)CC2CCCC.CC. The molecule has 2 rings (SSSR count). The van der Waals surface area contributed by atoms with Crippen molar-refractivity contribution in [2.24, 2.45) is 5.10 Å². The lowest BCUT2D eigenvalue weighted by Gasteiger charge is -2.25. The fourth-order valence-electron chi connectivity index (χ4n) is 3.96. The number of fused-ring (bicyclic) bond motifs is 1. The van der Waals surface area contributed by atoms with E-state index in [4.69, 9.17) is 21.7 Å². The molecule has 1 aromatic rings. The predicted molar refractivity (Wildman–Crippen MR) is 154 cm³/mol. The third-order valence-corrected chi connectivity index (χ3v) is 6.06. The first-order valence-corrected chi connectivity index (χ1v) is 13.5. The number of hydrazone groups is 1. The number of nitrogens with one attached hydrogen (secondary N) is 2. The van der Waals surface area contributed by atoms with Crippen LogP contribution in [0.15, 0.2) is 51.9 Å². The van der Waals surface area contributed by atoms with Crippen LogP contribution in [0.3, 0.4) is 0 Å². The van der Waals surface area contributed by atoms with Crippen LogP contribution in [-0.4, -0.2) is 57.7 Å². The van der Waals surface area contributed by atoms with Crippen LogP contribution in [0.2, 0.25) is 0 Å². The number of aromatic nitrogens is 2. The van der Waals surface area contributed by atoms with Gasteiger partial charge < -0.3 is 20.4 Å². The number of aromatic amines is 1. The molecule has 1 amide bonds. The van der Waals surface area contributed by atoms with Gasteiger partial charge in [-0.05, 0) is 19.8 Å². The number of amides is 1. The van der Waals surface area contributed by atoms with E-state index in [-0.39, 0.29) is 35.9 Å². The number of carboxylic acid groups (broad SMARTS) is 1. The van der Waals surface area contributed by atoms with Crippen molar-refractivity contribution in [3.63, 3.8) is 0 Å². The summed E-state index contributed by atoms with van der Waals surface area (Å²) in [6.07, 6.45) is 11.0. The van der Waals surface area contributed by atoms with E-state index < -0.39 is 5.97 Å². The van der Waals surface area contributed by atoms with Crippen molar-refractivity contribution in [3.05, 3.63) is 69.4 Å². The molecule has 0 spiro atoms. The Morgan fingerprint density at radius 3 is 2.71 bits per heavy atom. The van der Waals surface area contributed by atoms with E-state index >= 15 is 0 Å². The second kappa shape index (κ2) is 17.9. The van der Waals surface area contributed by atoms with E-state index in [1.165, 1.54) is 17.8 Å². The smallest absolute Gasteiger partial charge is 0.336 e. The largest absolute Gasteiger partial charge is 0.478 e. The van der Waals surface area contributed by atoms with Gasteiger partial charge in [-0.25, -0.2) is 9.78 Å². The Kier molecular flexibility index (Phi) is 15.3. The quantitative estimate of drug-likeness (QED) is 0.114. The number of nitrogens with zero attached hydrogens (tertiary/aromatic N) is 3. The van der Waals surface area contributed by atoms with Gasteiger partial charge in [0, 0.05) is 48.6 Å². The molecule has 0 radical (unpaired) electrons. The molecule has 1 aromatic heterocycles. The number of unbranched alkanes of at least 4 members (excludes halogenated alkanes) is 1. The highest BCUT2D eigenvalue weighted by Crippen LogP contribution is 2.28. The van der Waals surface area contributed by atoms with Gasteiger partial charge >= 0.3 is 5.97 Å². The van der Waals surface area contributed by atoms with Crippen LogP contribution in [0.25, 0.3) is 5.57 Å². The molecule has 1 aliphatic heterocycles. The fourth-order valence-corrected chi connectivity index (χ4v) is 4.04. The lowest BCUT2D eigenvalue weighted by atomic mass is 9.94. The minimum Gasteiger partial charge on any atom is -0.478 e. The lowest BCUT2D eigenvalue weighted by molar-refractivity contribution is -0.132. The second-order valence-corrected chi connectivity index (χ2v) is 8.57. The van der Waals surface area contributed by atoms with Crippen molar-refractivity contribution < 1.29 is 14.7 Å². The van der Waals surface area contributed by atoms with Crippen LogP contribution < -0.4 is 11.0 Å². The van der Waals surface area contributed by atoms with Crippen LogP contribution in [0.4, 0.5) is 0 Å². The minimum atomic E-state index is -1.07. The van der Waals surface area contributed by atoms with E-state index in [0.29, 0.717) is 36.5 Å². The molecule has 38 heavy (non-hydrogen) atoms. The number of carbonyl (C=O) groups is 2. The first-order valence-electron chi connectivity index (χ1n) is 13.0. The zero-order chi connectivity index (χ0) is 28.5. The molecule has 1 unspecified atom stereocenters. The van der Waals surface area contributed by atoms with Gasteiger partial charge in [-0.15, -0.1) is 0 Å². The Labute approximate surface area is 230 Å². The molecular formula is C28H40ClN5O4. The summed E-state index contributed by atoms with van der Waals surface area (Å²) < 4.78 is 0. The van der Waals surface area contributed by atoms with Crippen molar-refractivity contribution in [2.45, 2.75) is 65.7 Å². The summed E-state index contributed by atoms with van der Waals surface area (Å²) in [6, 6.07) is 0. The number of carboxylic acids is 1. The first kappa shape index (κ1) is 32.6. The molecule has 9 nitrogen and oxygen atoms in total. The number of hydrogen-bond acceptors (Lipinski definition) is 6. The lowest BCUT2D eigenvalue weighted by Crippen LogP contribution is -2.36. The number of H-pyrrole nitrogens is 1. The van der Waals surface area contributed by atoms with Crippen molar-refractivity contribution in [2.75, 3.05) is 19.6 Å². The number of aliphatic carboxylic acids is 1. The van der Waals surface area contributed by atoms with Gasteiger partial charge in [0.15, 0.2) is 0 Å². The molecular weight excluding hydrogens is 506 g/mol. The molecule has 10 heteroatoms. The number of hydrogen-bond donors (Lipinski definition) is 3. The summed E-state index contributed by atoms with van der Waals surface area (Å²) in [4.78, 5) is 46.5. The molecule has 0 bridgehead atoms. The van der Waals surface area contributed by atoms with Crippen LogP contribution in [0.1, 0.15) is 76.4 Å². The maximum Gasteiger partial charge on any atom is 0.336 e. The zero-order valence-corrected chi connectivity index (χ0v) is 23.6. The minimum absolute atomic E-state index is 0.0584. The number of rotatable bonds is 12. The highest BCUT2D eigenvalue weighted by molar-refractivity contribution is 6.25. The average Bonchev–Trinajstić information content (AvgIpc) is 3.10. The average molecular weight is 546 g/mol. The molecule has 1 atom stereocenters. The van der Waals surface area contributed by atoms with Gasteiger partial charge in [0.2, 0.25) is 5.91 Å². The van der Waals surface area contributed by atoms with Crippen molar-refractivity contribution in [1.29, 1.82) is 0 Å². The molecule has 1 aliphatic rings. The van der Waals surface area contributed by atoms with Crippen LogP contribution in [-0.2, 0) is 16.0 Å². The summed E-state index contributed by atoms with van der Waals surface area (Å²) in [5, 5.41) is 12.9. The summed E-state index contributed by atoms with van der Waals surface area (Å²) in [7, 11) is 0. The maximum atomic E-state index is 13.0.